The Kier molecular flexibility index (Phi) is 6.51. The van der Waals surface area contributed by atoms with Crippen LogP contribution in [0.4, 0.5) is 10.5 Å². The Labute approximate surface area is 190 Å². The van der Waals surface area contributed by atoms with E-state index in [4.69, 9.17) is 0 Å². The van der Waals surface area contributed by atoms with E-state index >= 15 is 0 Å². The Bertz CT molecular complexity index is 961. The average Bonchev–Trinajstić information content (AvgIpc) is 3.57. The van der Waals surface area contributed by atoms with E-state index in [0.717, 1.165) is 38.9 Å². The lowest BCUT2D eigenvalue weighted by atomic mass is 9.86. The van der Waals surface area contributed by atoms with E-state index in [1.807, 2.05) is 0 Å². The van der Waals surface area contributed by atoms with E-state index in [0.29, 0.717) is 17.3 Å². The van der Waals surface area contributed by atoms with Crippen LogP contribution in [0.5, 0.6) is 0 Å². The van der Waals surface area contributed by atoms with Gasteiger partial charge in [-0.3, -0.25) is 9.69 Å². The summed E-state index contributed by atoms with van der Waals surface area (Å²) in [6.45, 7) is 9.18. The minimum Gasteiger partial charge on any atom is -0.349 e. The van der Waals surface area contributed by atoms with Crippen molar-refractivity contribution in [2.24, 2.45) is 5.41 Å². The molecule has 1 saturated carbocycles. The second-order valence-electron chi connectivity index (χ2n) is 10.1. The Morgan fingerprint density at radius 2 is 1.72 bits per heavy atom. The highest BCUT2D eigenvalue weighted by Crippen LogP contribution is 2.24. The normalized spacial score (nSPS) is 17.2. The van der Waals surface area contributed by atoms with Gasteiger partial charge in [0.2, 0.25) is 0 Å². The molecule has 2 aliphatic rings. The molecular formula is C26H34N4O2. The summed E-state index contributed by atoms with van der Waals surface area (Å²) in [5.41, 5.74) is 4.00. The summed E-state index contributed by atoms with van der Waals surface area (Å²) in [5.74, 6) is -0.0561. The maximum atomic E-state index is 12.8. The molecule has 1 fully saturated rings. The van der Waals surface area contributed by atoms with Gasteiger partial charge in [0.15, 0.2) is 0 Å². The molecule has 4 rings (SSSR count). The van der Waals surface area contributed by atoms with Crippen molar-refractivity contribution < 1.29 is 9.59 Å². The molecule has 0 bridgehead atoms. The number of anilines is 1. The molecule has 2 aromatic rings. The van der Waals surface area contributed by atoms with Gasteiger partial charge in [-0.1, -0.05) is 45.0 Å². The number of fused-ring (bicyclic) bond motifs is 1. The van der Waals surface area contributed by atoms with Crippen molar-refractivity contribution in [3.05, 3.63) is 65.2 Å². The van der Waals surface area contributed by atoms with Gasteiger partial charge >= 0.3 is 6.03 Å². The van der Waals surface area contributed by atoms with Gasteiger partial charge in [-0.05, 0) is 60.1 Å². The lowest BCUT2D eigenvalue weighted by Gasteiger charge is -2.37. The number of rotatable bonds is 6. The molecular weight excluding hydrogens is 400 g/mol. The number of nitrogens with one attached hydrogen (secondary N) is 3. The molecule has 0 radical (unpaired) electrons. The zero-order chi connectivity index (χ0) is 22.7. The summed E-state index contributed by atoms with van der Waals surface area (Å²) in [6, 6.07) is 15.7. The molecule has 2 aromatic carbocycles. The first-order valence-electron chi connectivity index (χ1n) is 11.6. The first-order chi connectivity index (χ1) is 15.3. The van der Waals surface area contributed by atoms with Crippen molar-refractivity contribution in [1.82, 2.24) is 15.5 Å². The Hall–Kier alpha value is -2.86. The third kappa shape index (κ3) is 5.88. The van der Waals surface area contributed by atoms with Crippen molar-refractivity contribution in [3.8, 4) is 0 Å². The fourth-order valence-corrected chi connectivity index (χ4v) is 4.03. The van der Waals surface area contributed by atoms with Crippen molar-refractivity contribution in [2.75, 3.05) is 18.4 Å². The molecule has 1 aliphatic carbocycles. The number of hydrogen-bond acceptors (Lipinski definition) is 3. The van der Waals surface area contributed by atoms with Gasteiger partial charge in [0.1, 0.15) is 0 Å². The Morgan fingerprint density at radius 3 is 2.38 bits per heavy atom. The maximum Gasteiger partial charge on any atom is 0.319 e. The lowest BCUT2D eigenvalue weighted by molar-refractivity contribution is 0.0951. The van der Waals surface area contributed by atoms with E-state index in [1.165, 1.54) is 11.1 Å². The lowest BCUT2D eigenvalue weighted by Crippen LogP contribution is -2.52. The maximum absolute atomic E-state index is 12.8. The van der Waals surface area contributed by atoms with Crippen molar-refractivity contribution in [3.63, 3.8) is 0 Å². The molecule has 1 aliphatic heterocycles. The first kappa shape index (κ1) is 22.3. The molecule has 1 unspecified atom stereocenters. The smallest absolute Gasteiger partial charge is 0.319 e. The molecule has 1 atom stereocenters. The van der Waals surface area contributed by atoms with Crippen LogP contribution < -0.4 is 16.0 Å². The number of nitrogens with zero attached hydrogens (tertiary/aromatic N) is 1. The number of carbonyl (C=O) groups is 2. The topological polar surface area (TPSA) is 73.5 Å². The van der Waals surface area contributed by atoms with Crippen molar-refractivity contribution in [1.29, 1.82) is 0 Å². The molecule has 0 saturated heterocycles. The number of carbonyl (C=O) groups excluding carboxylic acids is 2. The molecule has 6 nitrogen and oxygen atoms in total. The largest absolute Gasteiger partial charge is 0.349 e. The number of benzene rings is 2. The molecule has 3 amide bonds. The molecule has 6 heteroatoms. The highest BCUT2D eigenvalue weighted by molar-refractivity contribution is 5.95. The quantitative estimate of drug-likeness (QED) is 0.639. The minimum atomic E-state index is -0.225. The highest BCUT2D eigenvalue weighted by Gasteiger charge is 2.29. The predicted octanol–water partition coefficient (Wildman–Crippen LogP) is 4.17. The molecule has 0 spiro atoms. The van der Waals surface area contributed by atoms with Gasteiger partial charge in [0.05, 0.1) is 0 Å². The summed E-state index contributed by atoms with van der Waals surface area (Å²) in [6.07, 6.45) is 3.16. The van der Waals surface area contributed by atoms with Crippen LogP contribution >= 0.6 is 0 Å². The van der Waals surface area contributed by atoms with E-state index in [-0.39, 0.29) is 23.4 Å². The third-order valence-corrected chi connectivity index (χ3v) is 6.32. The van der Waals surface area contributed by atoms with Crippen LogP contribution in [-0.4, -0.2) is 42.0 Å². The summed E-state index contributed by atoms with van der Waals surface area (Å²) >= 11 is 0. The molecule has 0 aromatic heterocycles. The van der Waals surface area contributed by atoms with Crippen LogP contribution in [0.2, 0.25) is 0 Å². The Balaban J connectivity index is 1.33. The molecule has 32 heavy (non-hydrogen) atoms. The van der Waals surface area contributed by atoms with Crippen LogP contribution in [0, 0.1) is 5.41 Å². The summed E-state index contributed by atoms with van der Waals surface area (Å²) in [7, 11) is 0. The van der Waals surface area contributed by atoms with Crippen LogP contribution in [-0.2, 0) is 13.0 Å². The first-order valence-corrected chi connectivity index (χ1v) is 11.6. The van der Waals surface area contributed by atoms with Gasteiger partial charge in [-0.15, -0.1) is 0 Å². The predicted molar refractivity (Wildman–Crippen MR) is 128 cm³/mol. The van der Waals surface area contributed by atoms with E-state index in [1.54, 1.807) is 24.3 Å². The zero-order valence-electron chi connectivity index (χ0n) is 19.3. The van der Waals surface area contributed by atoms with Gasteiger partial charge in [-0.25, -0.2) is 4.79 Å². The molecule has 3 N–H and O–H groups in total. The second kappa shape index (κ2) is 9.33. The fourth-order valence-electron chi connectivity index (χ4n) is 4.03. The highest BCUT2D eigenvalue weighted by atomic mass is 16.2. The van der Waals surface area contributed by atoms with Crippen LogP contribution in [0.1, 0.15) is 55.1 Å². The summed E-state index contributed by atoms with van der Waals surface area (Å²) < 4.78 is 0. The van der Waals surface area contributed by atoms with E-state index < -0.39 is 0 Å². The van der Waals surface area contributed by atoms with Gasteiger partial charge in [0, 0.05) is 43.0 Å². The number of amides is 3. The summed E-state index contributed by atoms with van der Waals surface area (Å²) in [4.78, 5) is 27.3. The molecule has 170 valence electrons. The molecule has 1 heterocycles. The third-order valence-electron chi connectivity index (χ3n) is 6.32. The van der Waals surface area contributed by atoms with E-state index in [2.05, 4.69) is 65.9 Å². The Morgan fingerprint density at radius 1 is 1.03 bits per heavy atom. The average molecular weight is 435 g/mol. The minimum absolute atomic E-state index is 0.00337. The van der Waals surface area contributed by atoms with Crippen molar-refractivity contribution in [2.45, 2.75) is 58.7 Å². The fraction of sp³-hybridized carbons (Fsp3) is 0.462. The van der Waals surface area contributed by atoms with Crippen molar-refractivity contribution >= 4 is 17.6 Å². The van der Waals surface area contributed by atoms with Crippen LogP contribution in [0.15, 0.2) is 48.5 Å². The van der Waals surface area contributed by atoms with Gasteiger partial charge < -0.3 is 16.0 Å². The monoisotopic (exact) mass is 434 g/mol. The standard InChI is InChI=1S/C26H34N4O2/c1-26(2,3)23(17-30-15-14-18-6-4-5-7-20(18)16-30)29-25(32)28-22-10-8-19(9-11-22)24(31)27-21-12-13-21/h4-11,21,23H,12-17H2,1-3H3,(H,27,31)(H2,28,29,32). The van der Waals surface area contributed by atoms with Gasteiger partial charge in [-0.2, -0.15) is 0 Å². The van der Waals surface area contributed by atoms with Crippen LogP contribution in [0.3, 0.4) is 0 Å². The second-order valence-corrected chi connectivity index (χ2v) is 10.1. The van der Waals surface area contributed by atoms with E-state index in [9.17, 15) is 9.59 Å². The number of urea groups is 1. The SMILES string of the molecule is CC(C)(C)C(CN1CCc2ccccc2C1)NC(=O)Nc1ccc(C(=O)NC2CC2)cc1. The summed E-state index contributed by atoms with van der Waals surface area (Å²) in [5, 5.41) is 9.07. The van der Waals surface area contributed by atoms with Crippen LogP contribution in [0.25, 0.3) is 0 Å². The van der Waals surface area contributed by atoms with Gasteiger partial charge in [0.25, 0.3) is 5.91 Å². The number of hydrogen-bond donors (Lipinski definition) is 3. The zero-order valence-corrected chi connectivity index (χ0v) is 19.3.